The average molecular weight is 216 g/mol. The van der Waals surface area contributed by atoms with E-state index in [1.54, 1.807) is 29.2 Å². The lowest BCUT2D eigenvalue weighted by molar-refractivity contribution is -0.117. The van der Waals surface area contributed by atoms with Gasteiger partial charge in [-0.1, -0.05) is 0 Å². The van der Waals surface area contributed by atoms with Crippen LogP contribution in [0.15, 0.2) is 24.3 Å². The van der Waals surface area contributed by atoms with Crippen molar-refractivity contribution >= 4 is 11.6 Å². The van der Waals surface area contributed by atoms with Crippen LogP contribution >= 0.6 is 0 Å². The largest absolute Gasteiger partial charge is 0.396 e. The molecule has 1 aliphatic rings. The molecule has 0 aliphatic carbocycles. The maximum atomic E-state index is 11.6. The van der Waals surface area contributed by atoms with Crippen LogP contribution < -0.4 is 4.90 Å². The molecule has 4 nitrogen and oxygen atoms in total. The molecule has 1 N–H and O–H groups in total. The molecular weight excluding hydrogens is 204 g/mol. The van der Waals surface area contributed by atoms with E-state index in [0.29, 0.717) is 18.5 Å². The zero-order chi connectivity index (χ0) is 11.5. The van der Waals surface area contributed by atoms with Gasteiger partial charge >= 0.3 is 0 Å². The van der Waals surface area contributed by atoms with Crippen molar-refractivity contribution in [3.05, 3.63) is 29.8 Å². The number of nitrogens with zero attached hydrogens (tertiary/aromatic N) is 2. The SMILES string of the molecule is N#Cc1ccc(N2CC(CO)CC2=O)cc1. The fourth-order valence-electron chi connectivity index (χ4n) is 1.87. The summed E-state index contributed by atoms with van der Waals surface area (Å²) in [5, 5.41) is 17.7. The van der Waals surface area contributed by atoms with Gasteiger partial charge in [0.15, 0.2) is 0 Å². The Bertz CT molecular complexity index is 433. The van der Waals surface area contributed by atoms with E-state index in [1.165, 1.54) is 0 Å². The molecule has 1 amide bonds. The zero-order valence-electron chi connectivity index (χ0n) is 8.76. The van der Waals surface area contributed by atoms with E-state index in [0.717, 1.165) is 5.69 Å². The van der Waals surface area contributed by atoms with Crippen molar-refractivity contribution in [2.75, 3.05) is 18.1 Å². The van der Waals surface area contributed by atoms with E-state index >= 15 is 0 Å². The smallest absolute Gasteiger partial charge is 0.227 e. The minimum atomic E-state index is 0.0307. The van der Waals surface area contributed by atoms with Crippen molar-refractivity contribution in [3.63, 3.8) is 0 Å². The summed E-state index contributed by atoms with van der Waals surface area (Å²) in [7, 11) is 0. The van der Waals surface area contributed by atoms with Gasteiger partial charge < -0.3 is 10.0 Å². The Kier molecular flexibility index (Phi) is 2.88. The molecule has 1 fully saturated rings. The summed E-state index contributed by atoms with van der Waals surface area (Å²) in [4.78, 5) is 13.3. The van der Waals surface area contributed by atoms with E-state index in [-0.39, 0.29) is 18.4 Å². The van der Waals surface area contributed by atoms with Crippen LogP contribution in [-0.2, 0) is 4.79 Å². The highest BCUT2D eigenvalue weighted by molar-refractivity contribution is 5.95. The third-order valence-electron chi connectivity index (χ3n) is 2.77. The van der Waals surface area contributed by atoms with Crippen LogP contribution in [0.4, 0.5) is 5.69 Å². The number of rotatable bonds is 2. The lowest BCUT2D eigenvalue weighted by Gasteiger charge is -2.16. The quantitative estimate of drug-likeness (QED) is 0.799. The summed E-state index contributed by atoms with van der Waals surface area (Å²) in [6.07, 6.45) is 0.399. The van der Waals surface area contributed by atoms with Gasteiger partial charge in [0.2, 0.25) is 5.91 Å². The molecule has 1 saturated heterocycles. The topological polar surface area (TPSA) is 64.3 Å². The Morgan fingerprint density at radius 3 is 2.62 bits per heavy atom. The first-order chi connectivity index (χ1) is 7.74. The number of anilines is 1. The molecule has 0 bridgehead atoms. The van der Waals surface area contributed by atoms with Crippen molar-refractivity contribution in [3.8, 4) is 6.07 Å². The molecule has 2 rings (SSSR count). The van der Waals surface area contributed by atoms with Gasteiger partial charge in [0.25, 0.3) is 0 Å². The van der Waals surface area contributed by atoms with Crippen LogP contribution in [0.25, 0.3) is 0 Å². The van der Waals surface area contributed by atoms with Gasteiger partial charge in [0.1, 0.15) is 0 Å². The van der Waals surface area contributed by atoms with Crippen molar-refractivity contribution in [2.24, 2.45) is 5.92 Å². The maximum Gasteiger partial charge on any atom is 0.227 e. The molecule has 0 spiro atoms. The predicted octanol–water partition coefficient (Wildman–Crippen LogP) is 0.903. The second kappa shape index (κ2) is 4.33. The molecule has 0 saturated carbocycles. The summed E-state index contributed by atoms with van der Waals surface area (Å²) in [5.41, 5.74) is 1.37. The third-order valence-corrected chi connectivity index (χ3v) is 2.77. The molecule has 1 unspecified atom stereocenters. The van der Waals surface area contributed by atoms with Crippen molar-refractivity contribution in [2.45, 2.75) is 6.42 Å². The fourth-order valence-corrected chi connectivity index (χ4v) is 1.87. The molecule has 1 aromatic rings. The highest BCUT2D eigenvalue weighted by Gasteiger charge is 2.29. The molecule has 0 radical (unpaired) electrons. The highest BCUT2D eigenvalue weighted by atomic mass is 16.3. The average Bonchev–Trinajstić information content (AvgIpc) is 2.71. The Morgan fingerprint density at radius 1 is 1.44 bits per heavy atom. The van der Waals surface area contributed by atoms with Crippen LogP contribution in [0.1, 0.15) is 12.0 Å². The second-order valence-corrected chi connectivity index (χ2v) is 3.92. The summed E-state index contributed by atoms with van der Waals surface area (Å²) in [5.74, 6) is 0.0619. The Labute approximate surface area is 93.7 Å². The van der Waals surface area contributed by atoms with Crippen molar-refractivity contribution in [1.82, 2.24) is 0 Å². The van der Waals surface area contributed by atoms with Gasteiger partial charge in [-0.05, 0) is 24.3 Å². The highest BCUT2D eigenvalue weighted by Crippen LogP contribution is 2.24. The number of hydrogen-bond donors (Lipinski definition) is 1. The third kappa shape index (κ3) is 1.90. The van der Waals surface area contributed by atoms with Crippen LogP contribution in [0.3, 0.4) is 0 Å². The first-order valence-electron chi connectivity index (χ1n) is 5.16. The van der Waals surface area contributed by atoms with Gasteiger partial charge in [-0.2, -0.15) is 5.26 Å². The lowest BCUT2D eigenvalue weighted by atomic mass is 10.1. The zero-order valence-corrected chi connectivity index (χ0v) is 8.76. The Morgan fingerprint density at radius 2 is 2.12 bits per heavy atom. The van der Waals surface area contributed by atoms with Crippen molar-refractivity contribution < 1.29 is 9.90 Å². The monoisotopic (exact) mass is 216 g/mol. The lowest BCUT2D eigenvalue weighted by Crippen LogP contribution is -2.24. The van der Waals surface area contributed by atoms with Crippen LogP contribution in [0, 0.1) is 17.2 Å². The molecule has 1 atom stereocenters. The number of amides is 1. The molecule has 1 aromatic carbocycles. The predicted molar refractivity (Wildman–Crippen MR) is 58.7 cm³/mol. The molecule has 4 heteroatoms. The summed E-state index contributed by atoms with van der Waals surface area (Å²) < 4.78 is 0. The Balaban J connectivity index is 2.19. The maximum absolute atomic E-state index is 11.6. The van der Waals surface area contributed by atoms with E-state index in [2.05, 4.69) is 0 Å². The summed E-state index contributed by atoms with van der Waals surface area (Å²) in [6.45, 7) is 0.597. The van der Waals surface area contributed by atoms with Gasteiger partial charge in [-0.3, -0.25) is 4.79 Å². The van der Waals surface area contributed by atoms with E-state index in [9.17, 15) is 4.79 Å². The summed E-state index contributed by atoms with van der Waals surface area (Å²) >= 11 is 0. The van der Waals surface area contributed by atoms with Gasteiger partial charge in [0, 0.05) is 31.2 Å². The van der Waals surface area contributed by atoms with E-state index in [4.69, 9.17) is 10.4 Å². The molecule has 1 heterocycles. The molecule has 1 aliphatic heterocycles. The molecule has 82 valence electrons. The number of aliphatic hydroxyl groups excluding tert-OH is 1. The second-order valence-electron chi connectivity index (χ2n) is 3.92. The molecular formula is C12H12N2O2. The minimum Gasteiger partial charge on any atom is -0.396 e. The number of carbonyl (C=O) groups excluding carboxylic acids is 1. The number of benzene rings is 1. The van der Waals surface area contributed by atoms with Gasteiger partial charge in [0.05, 0.1) is 11.6 Å². The number of aliphatic hydroxyl groups is 1. The number of hydrogen-bond acceptors (Lipinski definition) is 3. The van der Waals surface area contributed by atoms with E-state index in [1.807, 2.05) is 6.07 Å². The fraction of sp³-hybridized carbons (Fsp3) is 0.333. The van der Waals surface area contributed by atoms with E-state index < -0.39 is 0 Å². The number of carbonyl (C=O) groups is 1. The van der Waals surface area contributed by atoms with Gasteiger partial charge in [-0.15, -0.1) is 0 Å². The van der Waals surface area contributed by atoms with Gasteiger partial charge in [-0.25, -0.2) is 0 Å². The Hall–Kier alpha value is -1.86. The molecule has 0 aromatic heterocycles. The normalized spacial score (nSPS) is 19.9. The van der Waals surface area contributed by atoms with Crippen LogP contribution in [0.5, 0.6) is 0 Å². The molecule has 16 heavy (non-hydrogen) atoms. The van der Waals surface area contributed by atoms with Crippen molar-refractivity contribution in [1.29, 1.82) is 5.26 Å². The first kappa shape index (κ1) is 10.7. The van der Waals surface area contributed by atoms with Crippen LogP contribution in [-0.4, -0.2) is 24.2 Å². The summed E-state index contributed by atoms with van der Waals surface area (Å²) in [6, 6.07) is 8.93. The minimum absolute atomic E-state index is 0.0307. The standard InChI is InChI=1S/C12H12N2O2/c13-6-9-1-3-11(4-2-9)14-7-10(8-15)5-12(14)16/h1-4,10,15H,5,7-8H2. The first-order valence-corrected chi connectivity index (χ1v) is 5.16. The number of nitriles is 1. The van der Waals surface area contributed by atoms with Crippen LogP contribution in [0.2, 0.25) is 0 Å².